The van der Waals surface area contributed by atoms with E-state index in [9.17, 15) is 4.79 Å². The van der Waals surface area contributed by atoms with E-state index in [0.717, 1.165) is 38.5 Å². The maximum Gasteiger partial charge on any atom is 0.248 e. The van der Waals surface area contributed by atoms with E-state index >= 15 is 0 Å². The van der Waals surface area contributed by atoms with Crippen molar-refractivity contribution in [3.8, 4) is 5.75 Å². The first-order valence-electron chi connectivity index (χ1n) is 10.7. The Morgan fingerprint density at radius 1 is 1.23 bits per heavy atom. The molecule has 30 heavy (non-hydrogen) atoms. The lowest BCUT2D eigenvalue weighted by Gasteiger charge is -2.30. The molecule has 0 saturated carbocycles. The third-order valence-corrected chi connectivity index (χ3v) is 6.52. The van der Waals surface area contributed by atoms with Crippen molar-refractivity contribution in [1.29, 1.82) is 0 Å². The Bertz CT molecular complexity index is 794. The first-order valence-corrected chi connectivity index (χ1v) is 11.5. The van der Waals surface area contributed by atoms with Crippen LogP contribution in [-0.2, 0) is 16.1 Å². The molecule has 6 heteroatoms. The van der Waals surface area contributed by atoms with E-state index in [1.54, 1.807) is 25.6 Å². The second-order valence-electron chi connectivity index (χ2n) is 8.54. The van der Waals surface area contributed by atoms with Crippen LogP contribution in [0.3, 0.4) is 0 Å². The zero-order valence-corrected chi connectivity index (χ0v) is 19.4. The fourth-order valence-electron chi connectivity index (χ4n) is 4.36. The Kier molecular flexibility index (Phi) is 8.31. The molecule has 3 rings (SSSR count). The number of ether oxygens (including phenoxy) is 2. The van der Waals surface area contributed by atoms with Crippen LogP contribution in [-0.4, -0.2) is 62.7 Å². The third kappa shape index (κ3) is 6.06. The van der Waals surface area contributed by atoms with Crippen molar-refractivity contribution in [2.24, 2.45) is 11.8 Å². The van der Waals surface area contributed by atoms with Gasteiger partial charge < -0.3 is 14.4 Å². The monoisotopic (exact) mass is 430 g/mol. The summed E-state index contributed by atoms with van der Waals surface area (Å²) in [5.41, 5.74) is 1.29. The highest BCUT2D eigenvalue weighted by Crippen LogP contribution is 2.36. The topological polar surface area (TPSA) is 42.0 Å². The van der Waals surface area contributed by atoms with Gasteiger partial charge in [0.15, 0.2) is 0 Å². The van der Waals surface area contributed by atoms with Gasteiger partial charge in [0, 0.05) is 50.6 Å². The van der Waals surface area contributed by atoms with Crippen molar-refractivity contribution in [3.63, 3.8) is 0 Å². The largest absolute Gasteiger partial charge is 0.497 e. The van der Waals surface area contributed by atoms with E-state index in [1.807, 2.05) is 11.0 Å². The number of benzene rings is 1. The van der Waals surface area contributed by atoms with Gasteiger partial charge in [0.05, 0.1) is 7.11 Å². The highest BCUT2D eigenvalue weighted by Gasteiger charge is 2.36. The number of rotatable bonds is 10. The molecule has 1 amide bonds. The van der Waals surface area contributed by atoms with Crippen molar-refractivity contribution < 1.29 is 14.3 Å². The fourth-order valence-corrected chi connectivity index (χ4v) is 5.11. The average Bonchev–Trinajstić information content (AvgIpc) is 3.37. The lowest BCUT2D eigenvalue weighted by Crippen LogP contribution is -2.41. The minimum atomic E-state index is 0.0762. The number of methoxy groups -OCH3 is 2. The predicted molar refractivity (Wildman–Crippen MR) is 122 cm³/mol. The molecule has 1 aliphatic heterocycles. The molecule has 164 valence electrons. The van der Waals surface area contributed by atoms with Crippen LogP contribution in [0.4, 0.5) is 0 Å². The molecule has 1 saturated heterocycles. The number of likely N-dealkylation sites (tertiary alicyclic amines) is 1. The van der Waals surface area contributed by atoms with Gasteiger partial charge in [0.1, 0.15) is 12.4 Å². The van der Waals surface area contributed by atoms with Crippen LogP contribution in [0.2, 0.25) is 0 Å². The predicted octanol–water partition coefficient (Wildman–Crippen LogP) is 4.10. The van der Waals surface area contributed by atoms with E-state index in [2.05, 4.69) is 54.5 Å². The smallest absolute Gasteiger partial charge is 0.248 e. The second kappa shape index (κ2) is 10.9. The number of carbonyl (C=O) groups is 1. The van der Waals surface area contributed by atoms with Gasteiger partial charge in [0.25, 0.3) is 0 Å². The van der Waals surface area contributed by atoms with Crippen LogP contribution in [0.5, 0.6) is 5.75 Å². The minimum absolute atomic E-state index is 0.0762. The van der Waals surface area contributed by atoms with Crippen molar-refractivity contribution in [2.75, 3.05) is 47.0 Å². The van der Waals surface area contributed by atoms with Crippen LogP contribution in [0, 0.1) is 11.8 Å². The van der Waals surface area contributed by atoms with Crippen molar-refractivity contribution in [2.45, 2.75) is 26.3 Å². The molecule has 0 bridgehead atoms. The molecule has 0 spiro atoms. The highest BCUT2D eigenvalue weighted by molar-refractivity contribution is 7.09. The lowest BCUT2D eigenvalue weighted by molar-refractivity contribution is -0.136. The van der Waals surface area contributed by atoms with Crippen molar-refractivity contribution in [1.82, 2.24) is 9.80 Å². The summed E-state index contributed by atoms with van der Waals surface area (Å²) in [7, 11) is 3.30. The Morgan fingerprint density at radius 3 is 2.73 bits per heavy atom. The second-order valence-corrected chi connectivity index (χ2v) is 9.57. The Hall–Kier alpha value is -1.89. The number of hydrogen-bond donors (Lipinski definition) is 0. The quantitative estimate of drug-likeness (QED) is 0.569. The first-order chi connectivity index (χ1) is 14.5. The maximum absolute atomic E-state index is 12.7. The van der Waals surface area contributed by atoms with E-state index in [1.165, 1.54) is 10.4 Å². The van der Waals surface area contributed by atoms with Crippen LogP contribution in [0.25, 0.3) is 0 Å². The molecular weight excluding hydrogens is 396 g/mol. The number of carbonyl (C=O) groups excluding carboxylic acids is 1. The number of hydrogen-bond acceptors (Lipinski definition) is 5. The molecule has 2 atom stereocenters. The van der Waals surface area contributed by atoms with Crippen molar-refractivity contribution in [3.05, 3.63) is 52.2 Å². The van der Waals surface area contributed by atoms with Gasteiger partial charge >= 0.3 is 0 Å². The first kappa shape index (κ1) is 22.8. The summed E-state index contributed by atoms with van der Waals surface area (Å²) in [6.07, 6.45) is 0. The van der Waals surface area contributed by atoms with Gasteiger partial charge in [-0.2, -0.15) is 0 Å². The average molecular weight is 431 g/mol. The van der Waals surface area contributed by atoms with Crippen LogP contribution >= 0.6 is 11.3 Å². The van der Waals surface area contributed by atoms with Gasteiger partial charge in [-0.1, -0.05) is 32.0 Å². The number of thiophene rings is 1. The molecular formula is C24H34N2O3S. The van der Waals surface area contributed by atoms with Gasteiger partial charge in [-0.3, -0.25) is 9.69 Å². The Labute approximate surface area is 184 Å². The number of amides is 1. The maximum atomic E-state index is 12.7. The van der Waals surface area contributed by atoms with Crippen LogP contribution < -0.4 is 4.74 Å². The normalized spacial score (nSPS) is 19.4. The summed E-state index contributed by atoms with van der Waals surface area (Å²) < 4.78 is 10.6. The summed E-state index contributed by atoms with van der Waals surface area (Å²) in [4.78, 5) is 18.6. The van der Waals surface area contributed by atoms with Gasteiger partial charge in [-0.15, -0.1) is 11.3 Å². The molecule has 2 heterocycles. The summed E-state index contributed by atoms with van der Waals surface area (Å²) in [5, 5.41) is 2.14. The van der Waals surface area contributed by atoms with Gasteiger partial charge in [-0.25, -0.2) is 0 Å². The zero-order valence-electron chi connectivity index (χ0n) is 18.5. The molecule has 0 unspecified atom stereocenters. The molecule has 0 aliphatic carbocycles. The fraction of sp³-hybridized carbons (Fsp3) is 0.542. The molecule has 1 aromatic heterocycles. The summed E-state index contributed by atoms with van der Waals surface area (Å²) in [5.74, 6) is 2.12. The minimum Gasteiger partial charge on any atom is -0.497 e. The standard InChI is InChI=1S/C24H34N2O3S/c1-18(2)12-26(24(27)17-28-3)14-20-13-25(15-22-9-6-10-30-22)16-23(20)19-7-5-8-21(11-19)29-4/h5-11,18,20,23H,12-17H2,1-4H3/t20-,23+/m0/s1. The van der Waals surface area contributed by atoms with Gasteiger partial charge in [0.2, 0.25) is 5.91 Å². The van der Waals surface area contributed by atoms with E-state index in [0.29, 0.717) is 17.8 Å². The van der Waals surface area contributed by atoms with Gasteiger partial charge in [-0.05, 0) is 41.0 Å². The lowest BCUT2D eigenvalue weighted by atomic mass is 9.88. The highest BCUT2D eigenvalue weighted by atomic mass is 32.1. The molecule has 1 aromatic carbocycles. The molecule has 1 fully saturated rings. The summed E-state index contributed by atoms with van der Waals surface area (Å²) in [6.45, 7) is 8.90. The summed E-state index contributed by atoms with van der Waals surface area (Å²) in [6, 6.07) is 12.7. The van der Waals surface area contributed by atoms with Crippen LogP contribution in [0.1, 0.15) is 30.2 Å². The van der Waals surface area contributed by atoms with Crippen molar-refractivity contribution >= 4 is 17.2 Å². The molecule has 5 nitrogen and oxygen atoms in total. The van der Waals surface area contributed by atoms with E-state index in [4.69, 9.17) is 9.47 Å². The summed E-state index contributed by atoms with van der Waals surface area (Å²) >= 11 is 1.81. The van der Waals surface area contributed by atoms with Crippen LogP contribution in [0.15, 0.2) is 41.8 Å². The molecule has 0 N–H and O–H groups in total. The zero-order chi connectivity index (χ0) is 21.5. The SMILES string of the molecule is COCC(=O)N(CC(C)C)C[C@@H]1CN(Cc2cccs2)C[C@@H]1c1cccc(OC)c1. The third-order valence-electron chi connectivity index (χ3n) is 5.66. The molecule has 0 radical (unpaired) electrons. The number of nitrogens with zero attached hydrogens (tertiary/aromatic N) is 2. The Balaban J connectivity index is 1.81. The molecule has 2 aromatic rings. The Morgan fingerprint density at radius 2 is 2.07 bits per heavy atom. The van der Waals surface area contributed by atoms with E-state index in [-0.39, 0.29) is 12.5 Å². The molecule has 1 aliphatic rings. The van der Waals surface area contributed by atoms with E-state index < -0.39 is 0 Å².